The number of rotatable bonds is 3. The lowest BCUT2D eigenvalue weighted by atomic mass is 10.1. The normalized spacial score (nSPS) is 14.3. The summed E-state index contributed by atoms with van der Waals surface area (Å²) in [6.07, 6.45) is 6.69. The van der Waals surface area contributed by atoms with Crippen LogP contribution in [0.25, 0.3) is 0 Å². The van der Waals surface area contributed by atoms with Gasteiger partial charge in [0.2, 0.25) is 0 Å². The maximum Gasteiger partial charge on any atom is 0.133 e. The number of fused-ring (bicyclic) bond motifs is 1. The number of aromatic nitrogens is 2. The molecule has 0 aliphatic heterocycles. The van der Waals surface area contributed by atoms with Crippen LogP contribution < -0.4 is 4.74 Å². The number of benzene rings is 1. The summed E-state index contributed by atoms with van der Waals surface area (Å²) < 4.78 is 5.97. The van der Waals surface area contributed by atoms with Gasteiger partial charge >= 0.3 is 0 Å². The van der Waals surface area contributed by atoms with E-state index in [2.05, 4.69) is 22.1 Å². The molecule has 0 atom stereocenters. The third kappa shape index (κ3) is 3.32. The Bertz CT molecular complexity index is 676. The van der Waals surface area contributed by atoms with E-state index < -0.39 is 0 Å². The first-order valence-corrected chi connectivity index (χ1v) is 7.91. The van der Waals surface area contributed by atoms with Gasteiger partial charge in [-0.3, -0.25) is 0 Å². The second-order valence-corrected chi connectivity index (χ2v) is 5.92. The Morgan fingerprint density at radius 1 is 1.14 bits per heavy atom. The van der Waals surface area contributed by atoms with Gasteiger partial charge in [0.1, 0.15) is 16.2 Å². The molecular formula is C17H20N2OS. The van der Waals surface area contributed by atoms with Gasteiger partial charge in [-0.15, -0.1) is 0 Å². The van der Waals surface area contributed by atoms with Crippen molar-refractivity contribution in [3.8, 4) is 5.75 Å². The molecule has 0 fully saturated rings. The molecule has 0 amide bonds. The predicted octanol–water partition coefficient (Wildman–Crippen LogP) is 4.01. The number of nitrogens with one attached hydrogen (secondary N) is 1. The number of H-pyrrole nitrogens is 1. The average Bonchev–Trinajstić information content (AvgIpc) is 2.74. The third-order valence-corrected chi connectivity index (χ3v) is 4.38. The third-order valence-electron chi connectivity index (χ3n) is 4.04. The van der Waals surface area contributed by atoms with Gasteiger partial charge in [0.05, 0.1) is 7.11 Å². The van der Waals surface area contributed by atoms with Crippen molar-refractivity contribution in [1.82, 2.24) is 9.97 Å². The van der Waals surface area contributed by atoms with Crippen molar-refractivity contribution in [1.29, 1.82) is 0 Å². The zero-order valence-corrected chi connectivity index (χ0v) is 13.1. The predicted molar refractivity (Wildman–Crippen MR) is 86.5 cm³/mol. The number of aromatic amines is 1. The minimum absolute atomic E-state index is 0.779. The van der Waals surface area contributed by atoms with E-state index in [4.69, 9.17) is 17.0 Å². The number of ether oxygens (including phenoxy) is 1. The Morgan fingerprint density at radius 3 is 2.67 bits per heavy atom. The van der Waals surface area contributed by atoms with Crippen molar-refractivity contribution >= 4 is 12.2 Å². The summed E-state index contributed by atoms with van der Waals surface area (Å²) in [4.78, 5) is 8.11. The van der Waals surface area contributed by atoms with Gasteiger partial charge in [-0.2, -0.15) is 0 Å². The van der Waals surface area contributed by atoms with E-state index in [-0.39, 0.29) is 0 Å². The monoisotopic (exact) mass is 300 g/mol. The number of hydrogen-bond donors (Lipinski definition) is 1. The fraction of sp³-hybridized carbons (Fsp3) is 0.412. The SMILES string of the molecule is COc1ccc(Cc2nc(=S)c3c([nH]2)CCCCC3)cc1. The quantitative estimate of drug-likeness (QED) is 0.687. The maximum atomic E-state index is 5.49. The van der Waals surface area contributed by atoms with Crippen LogP contribution in [0.1, 0.15) is 41.9 Å². The van der Waals surface area contributed by atoms with Crippen LogP contribution in [-0.2, 0) is 19.3 Å². The van der Waals surface area contributed by atoms with Gasteiger partial charge in [0, 0.05) is 17.7 Å². The fourth-order valence-electron chi connectivity index (χ4n) is 2.87. The van der Waals surface area contributed by atoms with E-state index in [9.17, 15) is 0 Å². The number of nitrogens with zero attached hydrogens (tertiary/aromatic N) is 1. The van der Waals surface area contributed by atoms with E-state index in [1.54, 1.807) is 7.11 Å². The van der Waals surface area contributed by atoms with Crippen LogP contribution in [-0.4, -0.2) is 17.1 Å². The number of aryl methyl sites for hydroxylation is 1. The van der Waals surface area contributed by atoms with Crippen molar-refractivity contribution in [3.05, 3.63) is 51.6 Å². The molecule has 4 heteroatoms. The molecule has 1 N–H and O–H groups in total. The Labute approximate surface area is 130 Å². The van der Waals surface area contributed by atoms with Crippen LogP contribution in [0.5, 0.6) is 5.75 Å². The molecule has 0 unspecified atom stereocenters. The van der Waals surface area contributed by atoms with E-state index in [0.717, 1.165) is 35.5 Å². The number of hydrogen-bond acceptors (Lipinski definition) is 3. The smallest absolute Gasteiger partial charge is 0.133 e. The van der Waals surface area contributed by atoms with Crippen molar-refractivity contribution in [3.63, 3.8) is 0 Å². The Morgan fingerprint density at radius 2 is 1.90 bits per heavy atom. The number of methoxy groups -OCH3 is 1. The minimum Gasteiger partial charge on any atom is -0.497 e. The highest BCUT2D eigenvalue weighted by atomic mass is 32.1. The van der Waals surface area contributed by atoms with Gasteiger partial charge in [-0.25, -0.2) is 4.98 Å². The molecule has 21 heavy (non-hydrogen) atoms. The average molecular weight is 300 g/mol. The van der Waals surface area contributed by atoms with Gasteiger partial charge < -0.3 is 9.72 Å². The standard InChI is InChI=1S/C17H20N2OS/c1-20-13-9-7-12(8-10-13)11-16-18-15-6-4-2-3-5-14(15)17(21)19-16/h7-10H,2-6,11H2,1H3,(H,18,19,21). The van der Waals surface area contributed by atoms with Crippen molar-refractivity contribution in [2.24, 2.45) is 0 Å². The van der Waals surface area contributed by atoms with Gasteiger partial charge in [0.15, 0.2) is 0 Å². The molecule has 1 heterocycles. The van der Waals surface area contributed by atoms with Gasteiger partial charge in [0.25, 0.3) is 0 Å². The second-order valence-electron chi connectivity index (χ2n) is 5.53. The molecule has 110 valence electrons. The van der Waals surface area contributed by atoms with Gasteiger partial charge in [-0.1, -0.05) is 30.8 Å². The van der Waals surface area contributed by atoms with Crippen molar-refractivity contribution < 1.29 is 4.74 Å². The lowest BCUT2D eigenvalue weighted by Crippen LogP contribution is -2.05. The molecule has 1 aromatic carbocycles. The highest BCUT2D eigenvalue weighted by Crippen LogP contribution is 2.20. The molecule has 0 saturated heterocycles. The molecule has 0 bridgehead atoms. The molecule has 3 nitrogen and oxygen atoms in total. The molecule has 3 rings (SSSR count). The zero-order valence-electron chi connectivity index (χ0n) is 12.3. The summed E-state index contributed by atoms with van der Waals surface area (Å²) in [7, 11) is 1.68. The van der Waals surface area contributed by atoms with Crippen LogP contribution in [0.4, 0.5) is 0 Å². The molecule has 0 saturated carbocycles. The van der Waals surface area contributed by atoms with E-state index in [1.807, 2.05) is 12.1 Å². The van der Waals surface area contributed by atoms with Crippen molar-refractivity contribution in [2.45, 2.75) is 38.5 Å². The highest BCUT2D eigenvalue weighted by molar-refractivity contribution is 7.71. The Hall–Kier alpha value is -1.68. The van der Waals surface area contributed by atoms with E-state index >= 15 is 0 Å². The lowest BCUT2D eigenvalue weighted by Gasteiger charge is -2.10. The van der Waals surface area contributed by atoms with E-state index in [0.29, 0.717) is 0 Å². The van der Waals surface area contributed by atoms with Crippen LogP contribution in [0, 0.1) is 4.64 Å². The minimum atomic E-state index is 0.779. The molecule has 1 aromatic heterocycles. The summed E-state index contributed by atoms with van der Waals surface area (Å²) in [5, 5.41) is 0. The van der Waals surface area contributed by atoms with Crippen LogP contribution >= 0.6 is 12.2 Å². The molecule has 1 aliphatic rings. The second kappa shape index (κ2) is 6.39. The van der Waals surface area contributed by atoms with Crippen molar-refractivity contribution in [2.75, 3.05) is 7.11 Å². The summed E-state index contributed by atoms with van der Waals surface area (Å²) in [5.74, 6) is 1.84. The first kappa shape index (κ1) is 14.3. The Balaban J connectivity index is 1.87. The Kier molecular flexibility index (Phi) is 4.34. The van der Waals surface area contributed by atoms with Crippen LogP contribution in [0.3, 0.4) is 0 Å². The molecule has 0 radical (unpaired) electrons. The molecule has 0 spiro atoms. The topological polar surface area (TPSA) is 37.9 Å². The van der Waals surface area contributed by atoms with Gasteiger partial charge in [-0.05, 0) is 43.4 Å². The summed E-state index contributed by atoms with van der Waals surface area (Å²) in [6, 6.07) is 8.10. The lowest BCUT2D eigenvalue weighted by molar-refractivity contribution is 0.414. The summed E-state index contributed by atoms with van der Waals surface area (Å²) >= 11 is 5.49. The van der Waals surface area contributed by atoms with E-state index in [1.165, 1.54) is 36.1 Å². The molecular weight excluding hydrogens is 280 g/mol. The maximum absolute atomic E-state index is 5.49. The fourth-order valence-corrected chi connectivity index (χ4v) is 3.20. The first-order valence-electron chi connectivity index (χ1n) is 7.50. The summed E-state index contributed by atoms with van der Waals surface area (Å²) in [5.41, 5.74) is 3.78. The highest BCUT2D eigenvalue weighted by Gasteiger charge is 2.12. The molecule has 2 aromatic rings. The molecule has 1 aliphatic carbocycles. The first-order chi connectivity index (χ1) is 10.3. The summed E-state index contributed by atoms with van der Waals surface area (Å²) in [6.45, 7) is 0. The van der Waals surface area contributed by atoms with Crippen LogP contribution in [0.15, 0.2) is 24.3 Å². The van der Waals surface area contributed by atoms with Crippen LogP contribution in [0.2, 0.25) is 0 Å². The zero-order chi connectivity index (χ0) is 14.7. The largest absolute Gasteiger partial charge is 0.497 e.